The molecule has 1 aromatic carbocycles. The molecule has 0 unspecified atom stereocenters. The first-order valence-electron chi connectivity index (χ1n) is 4.86. The highest BCUT2D eigenvalue weighted by Crippen LogP contribution is 2.22. The summed E-state index contributed by atoms with van der Waals surface area (Å²) in [6.07, 6.45) is 4.28. The second-order valence-electron chi connectivity index (χ2n) is 3.84. The Hall–Kier alpha value is -1.11. The van der Waals surface area contributed by atoms with Gasteiger partial charge >= 0.3 is 0 Å². The summed E-state index contributed by atoms with van der Waals surface area (Å²) in [5, 5.41) is 0. The SMILES string of the molecule is CC(=O)Cc1ccc2c(c1)CCC2. The smallest absolute Gasteiger partial charge is 0.134 e. The fourth-order valence-electron chi connectivity index (χ4n) is 2.02. The zero-order valence-electron chi connectivity index (χ0n) is 7.97. The first-order chi connectivity index (χ1) is 6.25. The summed E-state index contributed by atoms with van der Waals surface area (Å²) in [5.41, 5.74) is 4.11. The fourth-order valence-corrected chi connectivity index (χ4v) is 2.02. The van der Waals surface area contributed by atoms with Crippen LogP contribution >= 0.6 is 0 Å². The molecule has 13 heavy (non-hydrogen) atoms. The minimum atomic E-state index is 0.248. The minimum Gasteiger partial charge on any atom is -0.300 e. The van der Waals surface area contributed by atoms with Crippen LogP contribution in [-0.2, 0) is 24.1 Å². The monoisotopic (exact) mass is 174 g/mol. The molecule has 1 aliphatic carbocycles. The normalized spacial score (nSPS) is 14.2. The summed E-state index contributed by atoms with van der Waals surface area (Å²) in [7, 11) is 0. The molecule has 0 amide bonds. The van der Waals surface area contributed by atoms with Crippen LogP contribution in [0.5, 0.6) is 0 Å². The third kappa shape index (κ3) is 1.80. The van der Waals surface area contributed by atoms with E-state index in [-0.39, 0.29) is 5.78 Å². The summed E-state index contributed by atoms with van der Waals surface area (Å²) in [4.78, 5) is 10.9. The second-order valence-corrected chi connectivity index (χ2v) is 3.84. The quantitative estimate of drug-likeness (QED) is 0.672. The van der Waals surface area contributed by atoms with Gasteiger partial charge in [0.05, 0.1) is 0 Å². The number of carbonyl (C=O) groups is 1. The van der Waals surface area contributed by atoms with Gasteiger partial charge in [-0.15, -0.1) is 0 Å². The van der Waals surface area contributed by atoms with Crippen molar-refractivity contribution in [1.82, 2.24) is 0 Å². The molecule has 0 heterocycles. The maximum atomic E-state index is 10.9. The van der Waals surface area contributed by atoms with Gasteiger partial charge in [-0.2, -0.15) is 0 Å². The van der Waals surface area contributed by atoms with Gasteiger partial charge in [-0.3, -0.25) is 4.79 Å². The number of benzene rings is 1. The highest BCUT2D eigenvalue weighted by molar-refractivity contribution is 5.78. The number of carbonyl (C=O) groups excluding carboxylic acids is 1. The molecule has 1 heteroatoms. The van der Waals surface area contributed by atoms with Crippen LogP contribution in [-0.4, -0.2) is 5.78 Å². The molecule has 1 nitrogen and oxygen atoms in total. The number of hydrogen-bond acceptors (Lipinski definition) is 1. The molecule has 0 saturated carbocycles. The lowest BCUT2D eigenvalue weighted by molar-refractivity contribution is -0.116. The highest BCUT2D eigenvalue weighted by atomic mass is 16.1. The van der Waals surface area contributed by atoms with E-state index < -0.39 is 0 Å². The molecule has 0 N–H and O–H groups in total. The Morgan fingerprint density at radius 3 is 2.85 bits per heavy atom. The lowest BCUT2D eigenvalue weighted by Crippen LogP contribution is -1.97. The van der Waals surface area contributed by atoms with Crippen LogP contribution in [0.25, 0.3) is 0 Å². The first-order valence-corrected chi connectivity index (χ1v) is 4.86. The van der Waals surface area contributed by atoms with Gasteiger partial charge in [0.25, 0.3) is 0 Å². The Balaban J connectivity index is 2.25. The maximum absolute atomic E-state index is 10.9. The predicted octanol–water partition coefficient (Wildman–Crippen LogP) is 2.31. The zero-order valence-corrected chi connectivity index (χ0v) is 7.97. The Kier molecular flexibility index (Phi) is 2.17. The average Bonchev–Trinajstić information content (AvgIpc) is 2.49. The van der Waals surface area contributed by atoms with Crippen molar-refractivity contribution in [2.75, 3.05) is 0 Å². The summed E-state index contributed by atoms with van der Waals surface area (Å²) in [5.74, 6) is 0.248. The molecule has 0 spiro atoms. The Labute approximate surface area is 78.8 Å². The van der Waals surface area contributed by atoms with E-state index in [4.69, 9.17) is 0 Å². The van der Waals surface area contributed by atoms with Crippen LogP contribution in [0.2, 0.25) is 0 Å². The fraction of sp³-hybridized carbons (Fsp3) is 0.417. The maximum Gasteiger partial charge on any atom is 0.134 e. The minimum absolute atomic E-state index is 0.248. The molecular formula is C12H14O. The van der Waals surface area contributed by atoms with Crippen LogP contribution in [0.3, 0.4) is 0 Å². The standard InChI is InChI=1S/C12H14O/c1-9(13)7-10-5-6-11-3-2-4-12(11)8-10/h5-6,8H,2-4,7H2,1H3. The zero-order chi connectivity index (χ0) is 9.26. The van der Waals surface area contributed by atoms with Gasteiger partial charge in [0.15, 0.2) is 0 Å². The van der Waals surface area contributed by atoms with Crippen molar-refractivity contribution < 1.29 is 4.79 Å². The van der Waals surface area contributed by atoms with Crippen LogP contribution in [0.15, 0.2) is 18.2 Å². The second kappa shape index (κ2) is 3.33. The van der Waals surface area contributed by atoms with E-state index in [1.807, 2.05) is 0 Å². The van der Waals surface area contributed by atoms with E-state index in [9.17, 15) is 4.79 Å². The van der Waals surface area contributed by atoms with Gasteiger partial charge in [0.1, 0.15) is 5.78 Å². The topological polar surface area (TPSA) is 17.1 Å². The van der Waals surface area contributed by atoms with Crippen molar-refractivity contribution in [2.24, 2.45) is 0 Å². The summed E-state index contributed by atoms with van der Waals surface area (Å²) < 4.78 is 0. The average molecular weight is 174 g/mol. The predicted molar refractivity (Wildman–Crippen MR) is 52.9 cm³/mol. The number of hydrogen-bond donors (Lipinski definition) is 0. The van der Waals surface area contributed by atoms with Gasteiger partial charge in [-0.05, 0) is 42.9 Å². The lowest BCUT2D eigenvalue weighted by Gasteiger charge is -2.02. The van der Waals surface area contributed by atoms with Gasteiger partial charge in [0, 0.05) is 6.42 Å². The molecule has 0 saturated heterocycles. The summed E-state index contributed by atoms with van der Waals surface area (Å²) in [6.45, 7) is 1.65. The molecule has 1 aromatic rings. The lowest BCUT2D eigenvalue weighted by atomic mass is 10.0. The Bertz CT molecular complexity index is 339. The number of rotatable bonds is 2. The van der Waals surface area contributed by atoms with Crippen LogP contribution in [0.4, 0.5) is 0 Å². The van der Waals surface area contributed by atoms with E-state index >= 15 is 0 Å². The molecule has 0 aromatic heterocycles. The van der Waals surface area contributed by atoms with Crippen molar-refractivity contribution in [1.29, 1.82) is 0 Å². The van der Waals surface area contributed by atoms with Crippen molar-refractivity contribution in [3.05, 3.63) is 34.9 Å². The molecule has 68 valence electrons. The molecular weight excluding hydrogens is 160 g/mol. The van der Waals surface area contributed by atoms with Crippen LogP contribution < -0.4 is 0 Å². The van der Waals surface area contributed by atoms with Gasteiger partial charge in [-0.1, -0.05) is 18.2 Å². The van der Waals surface area contributed by atoms with Crippen molar-refractivity contribution in [3.63, 3.8) is 0 Å². The Morgan fingerprint density at radius 2 is 2.08 bits per heavy atom. The third-order valence-electron chi connectivity index (χ3n) is 2.62. The summed E-state index contributed by atoms with van der Waals surface area (Å²) in [6, 6.07) is 6.47. The molecule has 0 bridgehead atoms. The van der Waals surface area contributed by atoms with Crippen LogP contribution in [0.1, 0.15) is 30.0 Å². The van der Waals surface area contributed by atoms with E-state index in [1.165, 1.54) is 36.0 Å². The molecule has 0 fully saturated rings. The number of Topliss-reactive ketones (excluding diaryl/α,β-unsaturated/α-hetero) is 1. The van der Waals surface area contributed by atoms with Crippen molar-refractivity contribution >= 4 is 5.78 Å². The highest BCUT2D eigenvalue weighted by Gasteiger charge is 2.10. The summed E-state index contributed by atoms with van der Waals surface area (Å²) >= 11 is 0. The Morgan fingerprint density at radius 1 is 1.31 bits per heavy atom. The van der Waals surface area contributed by atoms with Crippen molar-refractivity contribution in [2.45, 2.75) is 32.6 Å². The molecule has 0 radical (unpaired) electrons. The molecule has 0 aliphatic heterocycles. The first kappa shape index (κ1) is 8.49. The van der Waals surface area contributed by atoms with Crippen molar-refractivity contribution in [3.8, 4) is 0 Å². The van der Waals surface area contributed by atoms with Gasteiger partial charge in [0.2, 0.25) is 0 Å². The van der Waals surface area contributed by atoms with Gasteiger partial charge < -0.3 is 0 Å². The third-order valence-corrected chi connectivity index (χ3v) is 2.62. The van der Waals surface area contributed by atoms with E-state index in [0.717, 1.165) is 0 Å². The molecule has 1 aliphatic rings. The molecule has 2 rings (SSSR count). The van der Waals surface area contributed by atoms with Crippen LogP contribution in [0, 0.1) is 0 Å². The number of aryl methyl sites for hydroxylation is 2. The number of fused-ring (bicyclic) bond motifs is 1. The number of ketones is 1. The molecule has 0 atom stereocenters. The van der Waals surface area contributed by atoms with Gasteiger partial charge in [-0.25, -0.2) is 0 Å². The van der Waals surface area contributed by atoms with E-state index in [1.54, 1.807) is 6.92 Å². The van der Waals surface area contributed by atoms with E-state index in [0.29, 0.717) is 6.42 Å². The van der Waals surface area contributed by atoms with E-state index in [2.05, 4.69) is 18.2 Å². The largest absolute Gasteiger partial charge is 0.300 e.